The SMILES string of the molecule is NC(=S)Nc1ccoc1. The molecular formula is C5H6N2OS. The maximum Gasteiger partial charge on any atom is 0.168 e. The molecular weight excluding hydrogens is 136 g/mol. The topological polar surface area (TPSA) is 51.2 Å². The zero-order valence-corrected chi connectivity index (χ0v) is 5.44. The minimum absolute atomic E-state index is 0.247. The Hall–Kier alpha value is -1.03. The number of nitrogens with one attached hydrogen (secondary N) is 1. The van der Waals surface area contributed by atoms with Gasteiger partial charge < -0.3 is 15.5 Å². The van der Waals surface area contributed by atoms with Crippen LogP contribution in [0.2, 0.25) is 0 Å². The quantitative estimate of drug-likeness (QED) is 0.573. The van der Waals surface area contributed by atoms with Gasteiger partial charge in [-0.15, -0.1) is 0 Å². The molecule has 0 spiro atoms. The van der Waals surface area contributed by atoms with Crippen LogP contribution in [0.15, 0.2) is 23.0 Å². The van der Waals surface area contributed by atoms with Gasteiger partial charge in [0.05, 0.1) is 12.0 Å². The highest BCUT2D eigenvalue weighted by Crippen LogP contribution is 2.04. The number of nitrogens with two attached hydrogens (primary N) is 1. The molecule has 0 radical (unpaired) electrons. The molecule has 0 fully saturated rings. The standard InChI is InChI=1S/C5H6N2OS/c6-5(9)7-4-1-2-8-3-4/h1-3H,(H3,6,7,9). The van der Waals surface area contributed by atoms with Crippen molar-refractivity contribution in [3.8, 4) is 0 Å². The van der Waals surface area contributed by atoms with Gasteiger partial charge in [0.1, 0.15) is 6.26 Å². The summed E-state index contributed by atoms with van der Waals surface area (Å²) in [5, 5.41) is 2.95. The van der Waals surface area contributed by atoms with Crippen molar-refractivity contribution in [1.82, 2.24) is 0 Å². The smallest absolute Gasteiger partial charge is 0.168 e. The normalized spacial score (nSPS) is 8.89. The van der Waals surface area contributed by atoms with Gasteiger partial charge in [0.2, 0.25) is 0 Å². The number of rotatable bonds is 1. The van der Waals surface area contributed by atoms with Crippen molar-refractivity contribution < 1.29 is 4.42 Å². The molecule has 1 aromatic rings. The average Bonchev–Trinajstić information content (AvgIpc) is 2.15. The molecule has 48 valence electrons. The van der Waals surface area contributed by atoms with Crippen molar-refractivity contribution in [1.29, 1.82) is 0 Å². The molecule has 3 nitrogen and oxygen atoms in total. The van der Waals surface area contributed by atoms with Crippen LogP contribution >= 0.6 is 12.2 Å². The van der Waals surface area contributed by atoms with Gasteiger partial charge in [-0.2, -0.15) is 0 Å². The third kappa shape index (κ3) is 1.73. The lowest BCUT2D eigenvalue weighted by molar-refractivity contribution is 0.568. The summed E-state index contributed by atoms with van der Waals surface area (Å²) in [6.07, 6.45) is 3.07. The van der Waals surface area contributed by atoms with Gasteiger partial charge in [0.25, 0.3) is 0 Å². The summed E-state index contributed by atoms with van der Waals surface area (Å²) >= 11 is 4.57. The van der Waals surface area contributed by atoms with Crippen LogP contribution in [0.5, 0.6) is 0 Å². The summed E-state index contributed by atoms with van der Waals surface area (Å²) in [7, 11) is 0. The van der Waals surface area contributed by atoms with Crippen molar-refractivity contribution in [2.45, 2.75) is 0 Å². The van der Waals surface area contributed by atoms with E-state index in [1.807, 2.05) is 0 Å². The van der Waals surface area contributed by atoms with Crippen molar-refractivity contribution in [3.63, 3.8) is 0 Å². The van der Waals surface area contributed by atoms with Gasteiger partial charge >= 0.3 is 0 Å². The molecule has 1 aromatic heterocycles. The molecule has 0 saturated carbocycles. The lowest BCUT2D eigenvalue weighted by Crippen LogP contribution is -2.18. The second-order valence-electron chi connectivity index (χ2n) is 1.50. The van der Waals surface area contributed by atoms with E-state index >= 15 is 0 Å². The molecule has 0 bridgehead atoms. The third-order valence-corrected chi connectivity index (χ3v) is 0.891. The van der Waals surface area contributed by atoms with Crippen LogP contribution in [0.25, 0.3) is 0 Å². The summed E-state index contributed by atoms with van der Waals surface area (Å²) < 4.78 is 4.74. The molecule has 0 unspecified atom stereocenters. The average molecular weight is 142 g/mol. The second-order valence-corrected chi connectivity index (χ2v) is 1.94. The van der Waals surface area contributed by atoms with E-state index in [1.165, 1.54) is 6.26 Å². The molecule has 9 heavy (non-hydrogen) atoms. The summed E-state index contributed by atoms with van der Waals surface area (Å²) in [6.45, 7) is 0. The van der Waals surface area contributed by atoms with Crippen LogP contribution in [0, 0.1) is 0 Å². The van der Waals surface area contributed by atoms with E-state index in [0.717, 1.165) is 5.69 Å². The predicted molar refractivity (Wildman–Crippen MR) is 39.1 cm³/mol. The Balaban J connectivity index is 2.58. The Morgan fingerprint density at radius 2 is 2.56 bits per heavy atom. The summed E-state index contributed by atoms with van der Waals surface area (Å²) in [5.41, 5.74) is 5.94. The molecule has 0 aromatic carbocycles. The molecule has 0 saturated heterocycles. The molecule has 0 aliphatic heterocycles. The predicted octanol–water partition coefficient (Wildman–Crippen LogP) is 0.935. The zero-order chi connectivity index (χ0) is 6.69. The van der Waals surface area contributed by atoms with Gasteiger partial charge in [-0.1, -0.05) is 0 Å². The first-order chi connectivity index (χ1) is 4.29. The summed E-state index contributed by atoms with van der Waals surface area (Å²) in [5.74, 6) is 0. The maximum absolute atomic E-state index is 5.16. The highest BCUT2D eigenvalue weighted by molar-refractivity contribution is 7.80. The Bertz CT molecular complexity index is 195. The van der Waals surface area contributed by atoms with Crippen molar-refractivity contribution in [3.05, 3.63) is 18.6 Å². The summed E-state index contributed by atoms with van der Waals surface area (Å²) in [6, 6.07) is 1.74. The Labute approximate surface area is 57.8 Å². The Morgan fingerprint density at radius 1 is 1.78 bits per heavy atom. The van der Waals surface area contributed by atoms with E-state index in [-0.39, 0.29) is 5.11 Å². The number of anilines is 1. The van der Waals surface area contributed by atoms with Crippen molar-refractivity contribution >= 4 is 23.0 Å². The van der Waals surface area contributed by atoms with Gasteiger partial charge in [-0.25, -0.2) is 0 Å². The number of furan rings is 1. The molecule has 3 N–H and O–H groups in total. The van der Waals surface area contributed by atoms with E-state index in [1.54, 1.807) is 12.3 Å². The Morgan fingerprint density at radius 3 is 3.00 bits per heavy atom. The van der Waals surface area contributed by atoms with Crippen molar-refractivity contribution in [2.75, 3.05) is 5.32 Å². The van der Waals surface area contributed by atoms with Gasteiger partial charge in [-0.05, 0) is 18.3 Å². The van der Waals surface area contributed by atoms with Crippen LogP contribution in [-0.4, -0.2) is 5.11 Å². The number of hydrogen-bond donors (Lipinski definition) is 2. The monoisotopic (exact) mass is 142 g/mol. The van der Waals surface area contributed by atoms with Crippen LogP contribution in [0.3, 0.4) is 0 Å². The molecule has 4 heteroatoms. The fraction of sp³-hybridized carbons (Fsp3) is 0. The lowest BCUT2D eigenvalue weighted by atomic mass is 10.5. The van der Waals surface area contributed by atoms with E-state index in [0.29, 0.717) is 0 Å². The van der Waals surface area contributed by atoms with Crippen LogP contribution < -0.4 is 11.1 Å². The molecule has 0 aliphatic rings. The van der Waals surface area contributed by atoms with E-state index in [2.05, 4.69) is 17.5 Å². The molecule has 0 atom stereocenters. The minimum Gasteiger partial charge on any atom is -0.470 e. The van der Waals surface area contributed by atoms with Crippen LogP contribution in [-0.2, 0) is 0 Å². The highest BCUT2D eigenvalue weighted by Gasteiger charge is 1.90. The summed E-state index contributed by atoms with van der Waals surface area (Å²) in [4.78, 5) is 0. The van der Waals surface area contributed by atoms with E-state index < -0.39 is 0 Å². The fourth-order valence-corrected chi connectivity index (χ4v) is 0.596. The molecule has 1 heterocycles. The molecule has 0 aliphatic carbocycles. The van der Waals surface area contributed by atoms with E-state index in [4.69, 9.17) is 10.2 Å². The first kappa shape index (κ1) is 6.10. The first-order valence-electron chi connectivity index (χ1n) is 2.37. The molecule has 0 amide bonds. The first-order valence-corrected chi connectivity index (χ1v) is 2.78. The maximum atomic E-state index is 5.16. The second kappa shape index (κ2) is 2.50. The molecule has 1 rings (SSSR count). The van der Waals surface area contributed by atoms with Gasteiger partial charge in [0, 0.05) is 0 Å². The van der Waals surface area contributed by atoms with Crippen LogP contribution in [0.4, 0.5) is 5.69 Å². The highest BCUT2D eigenvalue weighted by atomic mass is 32.1. The largest absolute Gasteiger partial charge is 0.470 e. The van der Waals surface area contributed by atoms with Crippen molar-refractivity contribution in [2.24, 2.45) is 5.73 Å². The third-order valence-electron chi connectivity index (χ3n) is 0.789. The zero-order valence-electron chi connectivity index (χ0n) is 4.63. The van der Waals surface area contributed by atoms with Gasteiger partial charge in [-0.3, -0.25) is 0 Å². The van der Waals surface area contributed by atoms with Gasteiger partial charge in [0.15, 0.2) is 5.11 Å². The minimum atomic E-state index is 0.247. The number of thiocarbonyl (C=S) groups is 1. The Kier molecular flexibility index (Phi) is 1.69. The van der Waals surface area contributed by atoms with Crippen LogP contribution in [0.1, 0.15) is 0 Å². The van der Waals surface area contributed by atoms with E-state index in [9.17, 15) is 0 Å². The number of hydrogen-bond acceptors (Lipinski definition) is 2. The fourth-order valence-electron chi connectivity index (χ4n) is 0.478. The lowest BCUT2D eigenvalue weighted by Gasteiger charge is -1.95.